The smallest absolute Gasteiger partial charge is 0.240 e. The molecular formula is C4H6F3N2. The average Bonchev–Trinajstić information content (AvgIpc) is 2.08. The molecule has 1 fully saturated rings. The minimum atomic E-state index is -4.15. The van der Waals surface area contributed by atoms with Gasteiger partial charge in [-0.3, -0.25) is 0 Å². The summed E-state index contributed by atoms with van der Waals surface area (Å²) in [6.07, 6.45) is -4.08. The van der Waals surface area contributed by atoms with Gasteiger partial charge in [-0.1, -0.05) is 0 Å². The van der Waals surface area contributed by atoms with Crippen LogP contribution in [0.2, 0.25) is 0 Å². The molecule has 5 heteroatoms. The molecule has 0 aromatic carbocycles. The predicted octanol–water partition coefficient (Wildman–Crippen LogP) is 0.430. The Morgan fingerprint density at radius 3 is 2.33 bits per heavy atom. The summed E-state index contributed by atoms with van der Waals surface area (Å²) >= 11 is 0. The van der Waals surface area contributed by atoms with Gasteiger partial charge in [-0.2, -0.15) is 18.6 Å². The van der Waals surface area contributed by atoms with Crippen molar-refractivity contribution in [1.82, 2.24) is 10.9 Å². The van der Waals surface area contributed by atoms with E-state index in [0.29, 0.717) is 6.54 Å². The lowest BCUT2D eigenvalue weighted by atomic mass is 10.2. The van der Waals surface area contributed by atoms with Crippen molar-refractivity contribution in [2.45, 2.75) is 18.6 Å². The van der Waals surface area contributed by atoms with E-state index < -0.39 is 12.2 Å². The normalized spacial score (nSPS) is 29.0. The van der Waals surface area contributed by atoms with Gasteiger partial charge in [-0.15, -0.1) is 0 Å². The number of nitrogens with zero attached hydrogens (tertiary/aromatic N) is 1. The number of alkyl halides is 3. The van der Waals surface area contributed by atoms with Crippen LogP contribution in [0.5, 0.6) is 0 Å². The van der Waals surface area contributed by atoms with Crippen LogP contribution in [0.1, 0.15) is 6.42 Å². The molecule has 1 heterocycles. The van der Waals surface area contributed by atoms with Crippen molar-refractivity contribution in [3.63, 3.8) is 0 Å². The third kappa shape index (κ3) is 1.56. The molecule has 1 aliphatic rings. The highest BCUT2D eigenvalue weighted by Gasteiger charge is 2.42. The summed E-state index contributed by atoms with van der Waals surface area (Å²) in [5.74, 6) is 0. The standard InChI is InChI=1S/C4H6F3N2/c5-4(6,7)3-1-2-8-9-3/h3,8H,1-2H2. The van der Waals surface area contributed by atoms with Gasteiger partial charge in [0.2, 0.25) is 0 Å². The Kier molecular flexibility index (Phi) is 1.63. The van der Waals surface area contributed by atoms with Crippen LogP contribution >= 0.6 is 0 Å². The van der Waals surface area contributed by atoms with E-state index in [1.807, 2.05) is 0 Å². The average molecular weight is 139 g/mol. The van der Waals surface area contributed by atoms with Gasteiger partial charge >= 0.3 is 6.18 Å². The number of halogens is 3. The number of hydrogen-bond donors (Lipinski definition) is 1. The summed E-state index contributed by atoms with van der Waals surface area (Å²) in [4.78, 5) is 0. The lowest BCUT2D eigenvalue weighted by Crippen LogP contribution is -2.35. The largest absolute Gasteiger partial charge is 0.406 e. The molecule has 1 rings (SSSR count). The van der Waals surface area contributed by atoms with Crippen molar-refractivity contribution < 1.29 is 13.2 Å². The maximum atomic E-state index is 11.6. The van der Waals surface area contributed by atoms with E-state index in [4.69, 9.17) is 0 Å². The topological polar surface area (TPSA) is 26.1 Å². The first-order valence-corrected chi connectivity index (χ1v) is 2.60. The molecule has 53 valence electrons. The Labute approximate surface area is 50.4 Å². The van der Waals surface area contributed by atoms with Crippen LogP contribution in [0, 0.1) is 0 Å². The van der Waals surface area contributed by atoms with Crippen molar-refractivity contribution >= 4 is 0 Å². The first-order chi connectivity index (χ1) is 4.11. The molecule has 9 heavy (non-hydrogen) atoms. The lowest BCUT2D eigenvalue weighted by molar-refractivity contribution is -0.153. The van der Waals surface area contributed by atoms with Gasteiger partial charge < -0.3 is 0 Å². The predicted molar refractivity (Wildman–Crippen MR) is 24.6 cm³/mol. The molecule has 0 amide bonds. The molecule has 0 aliphatic carbocycles. The highest BCUT2D eigenvalue weighted by atomic mass is 19.4. The molecule has 1 N–H and O–H groups in total. The fraction of sp³-hybridized carbons (Fsp3) is 1.00. The van der Waals surface area contributed by atoms with E-state index in [1.165, 1.54) is 0 Å². The summed E-state index contributed by atoms with van der Waals surface area (Å²) in [6.45, 7) is 0.337. The van der Waals surface area contributed by atoms with Gasteiger partial charge in [-0.25, -0.2) is 5.43 Å². The Morgan fingerprint density at radius 2 is 2.11 bits per heavy atom. The van der Waals surface area contributed by atoms with Crippen molar-refractivity contribution in [1.29, 1.82) is 0 Å². The van der Waals surface area contributed by atoms with Crippen molar-refractivity contribution in [2.24, 2.45) is 0 Å². The van der Waals surface area contributed by atoms with Gasteiger partial charge in [0.25, 0.3) is 0 Å². The van der Waals surface area contributed by atoms with Crippen molar-refractivity contribution in [2.75, 3.05) is 6.54 Å². The van der Waals surface area contributed by atoms with Crippen LogP contribution in [0.25, 0.3) is 0 Å². The van der Waals surface area contributed by atoms with Crippen LogP contribution in [0.4, 0.5) is 13.2 Å². The lowest BCUT2D eigenvalue weighted by Gasteiger charge is -2.10. The maximum Gasteiger partial charge on any atom is 0.406 e. The molecule has 1 radical (unpaired) electrons. The minimum absolute atomic E-state index is 0.0729. The fourth-order valence-corrected chi connectivity index (χ4v) is 0.677. The summed E-state index contributed by atoms with van der Waals surface area (Å²) in [5.41, 5.74) is 5.42. The van der Waals surface area contributed by atoms with Crippen LogP contribution in [-0.4, -0.2) is 18.8 Å². The molecule has 0 bridgehead atoms. The van der Waals surface area contributed by atoms with E-state index in [9.17, 15) is 13.2 Å². The first kappa shape index (κ1) is 6.82. The zero-order valence-corrected chi connectivity index (χ0v) is 4.57. The SMILES string of the molecule is FC(F)(F)C1CCN[N]1. The number of rotatable bonds is 0. The van der Waals surface area contributed by atoms with Crippen LogP contribution in [-0.2, 0) is 0 Å². The summed E-state index contributed by atoms with van der Waals surface area (Å²) in [6, 6.07) is -1.47. The first-order valence-electron chi connectivity index (χ1n) is 2.60. The van der Waals surface area contributed by atoms with Crippen LogP contribution < -0.4 is 10.9 Å². The van der Waals surface area contributed by atoms with E-state index in [-0.39, 0.29) is 6.42 Å². The number of hydrogen-bond acceptors (Lipinski definition) is 1. The molecule has 1 saturated heterocycles. The molecule has 0 saturated carbocycles. The quantitative estimate of drug-likeness (QED) is 0.517. The number of nitrogens with one attached hydrogen (secondary N) is 1. The molecular weight excluding hydrogens is 133 g/mol. The molecule has 1 atom stereocenters. The zero-order chi connectivity index (χ0) is 6.91. The van der Waals surface area contributed by atoms with E-state index in [0.717, 1.165) is 0 Å². The van der Waals surface area contributed by atoms with Crippen LogP contribution in [0.3, 0.4) is 0 Å². The molecule has 0 aromatic rings. The molecule has 1 aliphatic heterocycles. The van der Waals surface area contributed by atoms with E-state index in [1.54, 1.807) is 0 Å². The van der Waals surface area contributed by atoms with E-state index in [2.05, 4.69) is 10.9 Å². The Bertz CT molecular complexity index is 94.5. The molecule has 1 unspecified atom stereocenters. The minimum Gasteiger partial charge on any atom is -0.240 e. The van der Waals surface area contributed by atoms with Gasteiger partial charge in [-0.05, 0) is 6.42 Å². The third-order valence-corrected chi connectivity index (χ3v) is 1.15. The van der Waals surface area contributed by atoms with Gasteiger partial charge in [0, 0.05) is 6.54 Å². The monoisotopic (exact) mass is 139 g/mol. The maximum absolute atomic E-state index is 11.6. The Hall–Kier alpha value is -0.290. The molecule has 2 nitrogen and oxygen atoms in total. The van der Waals surface area contributed by atoms with E-state index >= 15 is 0 Å². The summed E-state index contributed by atoms with van der Waals surface area (Å²) < 4.78 is 34.9. The second kappa shape index (κ2) is 2.15. The summed E-state index contributed by atoms with van der Waals surface area (Å²) in [7, 11) is 0. The molecule has 0 spiro atoms. The van der Waals surface area contributed by atoms with Crippen molar-refractivity contribution in [3.8, 4) is 0 Å². The Balaban J connectivity index is 2.42. The van der Waals surface area contributed by atoms with Gasteiger partial charge in [0.05, 0.1) is 0 Å². The third-order valence-electron chi connectivity index (χ3n) is 1.15. The Morgan fingerprint density at radius 1 is 1.44 bits per heavy atom. The highest BCUT2D eigenvalue weighted by molar-refractivity contribution is 4.77. The second-order valence-electron chi connectivity index (χ2n) is 1.88. The van der Waals surface area contributed by atoms with Crippen LogP contribution in [0.15, 0.2) is 0 Å². The second-order valence-corrected chi connectivity index (χ2v) is 1.88. The molecule has 0 aromatic heterocycles. The zero-order valence-electron chi connectivity index (χ0n) is 4.57. The fourth-order valence-electron chi connectivity index (χ4n) is 0.677. The van der Waals surface area contributed by atoms with Gasteiger partial charge in [0.15, 0.2) is 0 Å². The summed E-state index contributed by atoms with van der Waals surface area (Å²) in [5, 5.41) is 0. The van der Waals surface area contributed by atoms with Crippen molar-refractivity contribution in [3.05, 3.63) is 0 Å². The van der Waals surface area contributed by atoms with Gasteiger partial charge in [0.1, 0.15) is 6.04 Å². The highest BCUT2D eigenvalue weighted by Crippen LogP contribution is 2.23.